The predicted molar refractivity (Wildman–Crippen MR) is 83.7 cm³/mol. The monoisotopic (exact) mass is 276 g/mol. The molecule has 0 fully saturated rings. The van der Waals surface area contributed by atoms with Gasteiger partial charge in [0.2, 0.25) is 0 Å². The third-order valence-electron chi connectivity index (χ3n) is 4.15. The minimum Gasteiger partial charge on any atom is -0.337 e. The second-order valence-electron chi connectivity index (χ2n) is 5.42. The van der Waals surface area contributed by atoms with Crippen LogP contribution in [0.2, 0.25) is 0 Å². The molecule has 0 radical (unpaired) electrons. The molecule has 2 aromatic carbocycles. The number of hydrogen-bond acceptors (Lipinski definition) is 1. The molecule has 4 rings (SSSR count). The summed E-state index contributed by atoms with van der Waals surface area (Å²) in [5.41, 5.74) is 4.73. The maximum atomic E-state index is 12.2. The topological polar surface area (TPSA) is 34.0 Å². The van der Waals surface area contributed by atoms with Gasteiger partial charge in [-0.05, 0) is 23.6 Å². The molecule has 0 aliphatic carbocycles. The van der Waals surface area contributed by atoms with E-state index in [9.17, 15) is 4.79 Å². The highest BCUT2D eigenvalue weighted by Gasteiger charge is 2.23. The van der Waals surface area contributed by atoms with Crippen LogP contribution >= 0.6 is 0 Å². The predicted octanol–water partition coefficient (Wildman–Crippen LogP) is 3.35. The molecule has 0 saturated carbocycles. The van der Waals surface area contributed by atoms with E-state index in [0.717, 1.165) is 30.6 Å². The van der Waals surface area contributed by atoms with Crippen molar-refractivity contribution in [3.8, 4) is 0 Å². The van der Waals surface area contributed by atoms with Gasteiger partial charge in [0.1, 0.15) is 0 Å². The average Bonchev–Trinajstić information content (AvgIpc) is 2.84. The summed E-state index contributed by atoms with van der Waals surface area (Å²) >= 11 is 0. The number of aromatic nitrogens is 1. The summed E-state index contributed by atoms with van der Waals surface area (Å²) in [6, 6.07) is 18.6. The van der Waals surface area contributed by atoms with Crippen molar-refractivity contribution in [1.82, 2.24) is 9.88 Å². The van der Waals surface area contributed by atoms with Crippen LogP contribution in [0, 0.1) is 0 Å². The average molecular weight is 276 g/mol. The van der Waals surface area contributed by atoms with Crippen LogP contribution in [0.15, 0.2) is 54.6 Å². The first-order valence-electron chi connectivity index (χ1n) is 7.28. The first kappa shape index (κ1) is 12.2. The van der Waals surface area contributed by atoms with Crippen LogP contribution < -0.4 is 5.32 Å². The highest BCUT2D eigenvalue weighted by molar-refractivity contribution is 5.96. The fraction of sp³-hybridized carbons (Fsp3) is 0.167. The van der Waals surface area contributed by atoms with Crippen LogP contribution in [-0.4, -0.2) is 17.1 Å². The van der Waals surface area contributed by atoms with Gasteiger partial charge in [-0.1, -0.05) is 48.5 Å². The van der Waals surface area contributed by atoms with Gasteiger partial charge in [-0.2, -0.15) is 0 Å². The van der Waals surface area contributed by atoms with Crippen molar-refractivity contribution in [2.75, 3.05) is 6.54 Å². The molecule has 3 heteroatoms. The van der Waals surface area contributed by atoms with E-state index in [-0.39, 0.29) is 6.03 Å². The van der Waals surface area contributed by atoms with Crippen LogP contribution in [-0.2, 0) is 12.8 Å². The Kier molecular flexibility index (Phi) is 2.78. The molecule has 0 saturated heterocycles. The van der Waals surface area contributed by atoms with Gasteiger partial charge in [0.15, 0.2) is 0 Å². The fourth-order valence-electron chi connectivity index (χ4n) is 3.22. The largest absolute Gasteiger partial charge is 0.337 e. The van der Waals surface area contributed by atoms with Gasteiger partial charge in [-0.3, -0.25) is 4.57 Å². The highest BCUT2D eigenvalue weighted by Crippen LogP contribution is 2.29. The third-order valence-corrected chi connectivity index (χ3v) is 4.15. The number of nitrogens with one attached hydrogen (secondary N) is 1. The van der Waals surface area contributed by atoms with Crippen molar-refractivity contribution in [2.45, 2.75) is 12.8 Å². The number of para-hydroxylation sites is 1. The summed E-state index contributed by atoms with van der Waals surface area (Å²) in [7, 11) is 0. The molecule has 1 aliphatic rings. The number of amides is 1. The smallest absolute Gasteiger partial charge is 0.326 e. The summed E-state index contributed by atoms with van der Waals surface area (Å²) < 4.78 is 1.84. The first-order valence-corrected chi connectivity index (χ1v) is 7.28. The van der Waals surface area contributed by atoms with E-state index in [0.29, 0.717) is 0 Å². The standard InChI is InChI=1S/C18H16N2O/c21-18-19-11-10-17-15(12-13-6-2-1-3-7-13)14-8-4-5-9-16(14)20(17)18/h1-9H,10-12H2,(H,19,21). The Labute approximate surface area is 123 Å². The molecule has 2 heterocycles. The van der Waals surface area contributed by atoms with Crippen molar-refractivity contribution in [3.63, 3.8) is 0 Å². The van der Waals surface area contributed by atoms with Crippen molar-refractivity contribution in [3.05, 3.63) is 71.4 Å². The Balaban J connectivity index is 1.94. The molecule has 3 aromatic rings. The van der Waals surface area contributed by atoms with E-state index in [1.54, 1.807) is 0 Å². The number of nitrogens with zero attached hydrogens (tertiary/aromatic N) is 1. The zero-order valence-corrected chi connectivity index (χ0v) is 11.7. The Morgan fingerprint density at radius 1 is 1.00 bits per heavy atom. The molecule has 0 unspecified atom stereocenters. The lowest BCUT2D eigenvalue weighted by molar-refractivity contribution is 0.240. The molecular formula is C18H16N2O. The molecule has 1 N–H and O–H groups in total. The molecule has 21 heavy (non-hydrogen) atoms. The molecular weight excluding hydrogens is 260 g/mol. The van der Waals surface area contributed by atoms with Gasteiger partial charge in [-0.15, -0.1) is 0 Å². The number of rotatable bonds is 2. The van der Waals surface area contributed by atoms with Crippen molar-refractivity contribution < 1.29 is 4.79 Å². The van der Waals surface area contributed by atoms with Crippen LogP contribution in [0.1, 0.15) is 16.8 Å². The summed E-state index contributed by atoms with van der Waals surface area (Å²) in [5, 5.41) is 4.12. The second-order valence-corrected chi connectivity index (χ2v) is 5.42. The lowest BCUT2D eigenvalue weighted by Crippen LogP contribution is -2.36. The molecule has 104 valence electrons. The molecule has 1 aliphatic heterocycles. The van der Waals surface area contributed by atoms with Gasteiger partial charge in [0.25, 0.3) is 0 Å². The molecule has 0 bridgehead atoms. The highest BCUT2D eigenvalue weighted by atomic mass is 16.2. The van der Waals surface area contributed by atoms with E-state index in [1.165, 1.54) is 16.5 Å². The lowest BCUT2D eigenvalue weighted by Gasteiger charge is -2.17. The minimum absolute atomic E-state index is 0.00763. The maximum Gasteiger partial charge on any atom is 0.326 e. The third kappa shape index (κ3) is 1.93. The van der Waals surface area contributed by atoms with E-state index in [1.807, 2.05) is 28.8 Å². The van der Waals surface area contributed by atoms with Gasteiger partial charge < -0.3 is 5.32 Å². The van der Waals surface area contributed by atoms with Gasteiger partial charge in [-0.25, -0.2) is 4.79 Å². The van der Waals surface area contributed by atoms with Crippen molar-refractivity contribution in [2.24, 2.45) is 0 Å². The lowest BCUT2D eigenvalue weighted by atomic mass is 10.0. The van der Waals surface area contributed by atoms with E-state index in [4.69, 9.17) is 0 Å². The number of carbonyl (C=O) groups excluding carboxylic acids is 1. The molecule has 0 atom stereocenters. The number of benzene rings is 2. The van der Waals surface area contributed by atoms with E-state index in [2.05, 4.69) is 35.6 Å². The summed E-state index contributed by atoms with van der Waals surface area (Å²) in [5.74, 6) is 0. The quantitative estimate of drug-likeness (QED) is 0.765. The van der Waals surface area contributed by atoms with Crippen LogP contribution in [0.25, 0.3) is 10.9 Å². The van der Waals surface area contributed by atoms with Gasteiger partial charge in [0, 0.05) is 24.0 Å². The Morgan fingerprint density at radius 3 is 2.62 bits per heavy atom. The zero-order chi connectivity index (χ0) is 14.2. The Morgan fingerprint density at radius 2 is 1.76 bits per heavy atom. The van der Waals surface area contributed by atoms with Crippen LogP contribution in [0.3, 0.4) is 0 Å². The molecule has 0 spiro atoms. The number of carbonyl (C=O) groups is 1. The van der Waals surface area contributed by atoms with Crippen LogP contribution in [0.5, 0.6) is 0 Å². The Hall–Kier alpha value is -2.55. The SMILES string of the molecule is O=C1NCCc2c(Cc3ccccc3)c3ccccc3n21. The van der Waals surface area contributed by atoms with Gasteiger partial charge in [0.05, 0.1) is 5.52 Å². The maximum absolute atomic E-state index is 12.2. The summed E-state index contributed by atoms with van der Waals surface area (Å²) in [6.45, 7) is 0.719. The normalized spacial score (nSPS) is 14.0. The number of hydrogen-bond donors (Lipinski definition) is 1. The summed E-state index contributed by atoms with van der Waals surface area (Å²) in [6.07, 6.45) is 1.76. The van der Waals surface area contributed by atoms with Crippen molar-refractivity contribution >= 4 is 16.9 Å². The first-order chi connectivity index (χ1) is 10.3. The molecule has 1 aromatic heterocycles. The minimum atomic E-state index is -0.00763. The molecule has 3 nitrogen and oxygen atoms in total. The summed E-state index contributed by atoms with van der Waals surface area (Å²) in [4.78, 5) is 12.2. The Bertz CT molecular complexity index is 818. The van der Waals surface area contributed by atoms with Crippen LogP contribution in [0.4, 0.5) is 4.79 Å². The fourth-order valence-corrected chi connectivity index (χ4v) is 3.22. The van der Waals surface area contributed by atoms with E-state index < -0.39 is 0 Å². The van der Waals surface area contributed by atoms with Gasteiger partial charge >= 0.3 is 6.03 Å². The van der Waals surface area contributed by atoms with Crippen molar-refractivity contribution in [1.29, 1.82) is 0 Å². The second kappa shape index (κ2) is 4.77. The molecule has 1 amide bonds. The zero-order valence-electron chi connectivity index (χ0n) is 11.7. The number of fused-ring (bicyclic) bond motifs is 3. The van der Waals surface area contributed by atoms with E-state index >= 15 is 0 Å².